The zero-order chi connectivity index (χ0) is 80.2. The highest BCUT2D eigenvalue weighted by Gasteiger charge is 2.28. The van der Waals surface area contributed by atoms with Crippen molar-refractivity contribution in [3.8, 4) is 23.0 Å². The molecule has 8 aliphatic rings. The summed E-state index contributed by atoms with van der Waals surface area (Å²) >= 11 is 0. The van der Waals surface area contributed by atoms with Crippen molar-refractivity contribution < 1.29 is 82.5 Å². The summed E-state index contributed by atoms with van der Waals surface area (Å²) in [6.07, 6.45) is 2.10. The number of unbranched alkanes of at least 4 members (excludes halogenated alkanes) is 1. The Morgan fingerprint density at radius 3 is 1.01 bits per heavy atom. The van der Waals surface area contributed by atoms with Gasteiger partial charge in [0, 0.05) is 167 Å². The van der Waals surface area contributed by atoms with E-state index >= 15 is 0 Å². The number of rotatable bonds is 24. The maximum absolute atomic E-state index is 14.5. The van der Waals surface area contributed by atoms with Crippen molar-refractivity contribution in [1.82, 2.24) is 80.4 Å². The molecule has 0 aromatic carbocycles. The molecule has 0 fully saturated rings. The van der Waals surface area contributed by atoms with Crippen molar-refractivity contribution in [2.45, 2.75) is 92.5 Å². The second-order valence-corrected chi connectivity index (χ2v) is 26.6. The number of pyridine rings is 4. The number of nitrogens with two attached hydrogens (primary N) is 1. The summed E-state index contributed by atoms with van der Waals surface area (Å²) in [6, 6.07) is 4.27. The molecule has 38 nitrogen and oxygen atoms in total. The van der Waals surface area contributed by atoms with Crippen LogP contribution in [0.25, 0.3) is 0 Å². The summed E-state index contributed by atoms with van der Waals surface area (Å²) in [5.74, 6) is -9.51. The number of hydrogen-bond donors (Lipinski definition) is 13. The molecule has 4 aromatic heterocycles. The Labute approximate surface area is 637 Å². The van der Waals surface area contributed by atoms with Crippen LogP contribution in [0.2, 0.25) is 0 Å². The number of aromatic nitrogens is 4. The molecule has 4 aromatic rings. The van der Waals surface area contributed by atoms with Gasteiger partial charge in [0.2, 0.25) is 23.6 Å². The van der Waals surface area contributed by atoms with Crippen LogP contribution in [-0.2, 0) is 69.0 Å². The van der Waals surface area contributed by atoms with Gasteiger partial charge in [0.1, 0.15) is 26.2 Å². The Morgan fingerprint density at radius 2 is 0.673 bits per heavy atom. The summed E-state index contributed by atoms with van der Waals surface area (Å²) in [6.45, 7) is 11.2. The van der Waals surface area contributed by atoms with E-state index in [4.69, 9.17) is 29.4 Å². The molecular formula is C72H111N17O21. The zero-order valence-corrected chi connectivity index (χ0v) is 63.9. The smallest absolute Gasteiger partial charge is 0.294 e. The quantitative estimate of drug-likeness (QED) is 0.0295. The molecule has 0 aliphatic carbocycles. The number of carbonyl (C=O) groups is 8. The van der Waals surface area contributed by atoms with Gasteiger partial charge in [-0.05, 0) is 77.8 Å². The number of ether oxygens (including phenoxy) is 5. The third kappa shape index (κ3) is 28.3. The van der Waals surface area contributed by atoms with E-state index in [-0.39, 0.29) is 184 Å². The fourth-order valence-corrected chi connectivity index (χ4v) is 12.2. The lowest BCUT2D eigenvalue weighted by Crippen LogP contribution is -2.49. The Bertz CT molecular complexity index is 3900. The first-order chi connectivity index (χ1) is 52.8. The van der Waals surface area contributed by atoms with Crippen LogP contribution in [0.3, 0.4) is 0 Å². The number of methoxy groups -OCH3 is 1. The Morgan fingerprint density at radius 1 is 0.382 bits per heavy atom. The van der Waals surface area contributed by atoms with Crippen LogP contribution in [0.1, 0.15) is 96.8 Å². The first-order valence-electron chi connectivity index (χ1n) is 37.1. The van der Waals surface area contributed by atoms with Crippen molar-refractivity contribution in [2.24, 2.45) is 5.73 Å². The van der Waals surface area contributed by atoms with E-state index in [9.17, 15) is 78.0 Å². The van der Waals surface area contributed by atoms with Gasteiger partial charge in [-0.25, -0.2) is 0 Å². The Kier molecular flexibility index (Phi) is 38.0. The Hall–Kier alpha value is -9.64. The van der Waals surface area contributed by atoms with Gasteiger partial charge in [-0.3, -0.25) is 77.1 Å². The largest absolute Gasteiger partial charge is 0.502 e. The van der Waals surface area contributed by atoms with E-state index in [1.165, 1.54) is 52.0 Å². The lowest BCUT2D eigenvalue weighted by Gasteiger charge is -2.31. The van der Waals surface area contributed by atoms with Crippen LogP contribution in [-0.4, -0.2) is 309 Å². The molecule has 8 amide bonds. The molecular weight excluding hydrogens is 1440 g/mol. The van der Waals surface area contributed by atoms with Crippen LogP contribution < -0.4 is 70.5 Å². The van der Waals surface area contributed by atoms with Crippen molar-refractivity contribution in [2.75, 3.05) is 197 Å². The van der Waals surface area contributed by atoms with E-state index in [1.54, 1.807) is 12.0 Å². The van der Waals surface area contributed by atoms with E-state index in [0.717, 1.165) is 24.7 Å². The predicted octanol–water partition coefficient (Wildman–Crippen LogP) is -4.27. The molecule has 38 heteroatoms. The predicted molar refractivity (Wildman–Crippen MR) is 403 cm³/mol. The molecule has 110 heavy (non-hydrogen) atoms. The van der Waals surface area contributed by atoms with Crippen molar-refractivity contribution >= 4 is 47.3 Å². The third-order valence-electron chi connectivity index (χ3n) is 18.4. The molecule has 1 unspecified atom stereocenters. The van der Waals surface area contributed by atoms with Gasteiger partial charge in [-0.15, -0.1) is 0 Å². The topological polar surface area (TPSA) is 487 Å². The lowest BCUT2D eigenvalue weighted by atomic mass is 10.1. The maximum atomic E-state index is 14.5. The molecule has 14 N–H and O–H groups in total. The van der Waals surface area contributed by atoms with Crippen molar-refractivity contribution in [3.63, 3.8) is 0 Å². The SMILES string of the molecule is CCCOCCOCCN1CCNC(=O)Cn2c(C)cc(c(O)c2=O)C(=O)NCCN(CCN2CCNC(=O)c3cc(C)n(c(=O)c3O)CC(=O)NCCN(CCOCCOCCOC)CCNC(=O)Cn3c(C)cc(c(O)c3=O)C(=O)NC(CCCCN)C2)CCNC(=O)c2cc(C)n(c(=O)c2O)CC(=O)NCC1. The molecule has 8 aliphatic heterocycles. The fraction of sp³-hybridized carbons (Fsp3) is 0.611. The zero-order valence-electron chi connectivity index (χ0n) is 63.9. The van der Waals surface area contributed by atoms with E-state index in [2.05, 4.69) is 42.5 Å². The van der Waals surface area contributed by atoms with E-state index < -0.39 is 130 Å². The monoisotopic (exact) mass is 1550 g/mol. The summed E-state index contributed by atoms with van der Waals surface area (Å²) in [5, 5.41) is 67.5. The number of aryl methyl sites for hydroxylation is 4. The van der Waals surface area contributed by atoms with Crippen LogP contribution in [0.5, 0.6) is 23.0 Å². The minimum absolute atomic E-state index is 0.000445. The molecule has 12 heterocycles. The minimum atomic E-state index is -1.02. The number of amides is 8. The molecule has 0 spiro atoms. The number of hydrogen-bond acceptors (Lipinski definition) is 26. The fourth-order valence-electron chi connectivity index (χ4n) is 12.2. The number of aromatic hydroxyl groups is 4. The molecule has 1 atom stereocenters. The highest BCUT2D eigenvalue weighted by atomic mass is 16.5. The third-order valence-corrected chi connectivity index (χ3v) is 18.4. The molecule has 610 valence electrons. The van der Waals surface area contributed by atoms with Gasteiger partial charge in [-0.2, -0.15) is 0 Å². The standard InChI is InChI=1S/C72H111N17O21/c1-7-30-107-35-36-108-31-28-83-19-12-74-57(90)44-86-48(2)39-53(61(94)69(86)102)65(98)78-16-23-82(24-17-79-66(99)54-40-49(3)87(70(103)62(54)95)45-58(91)75-13-20-83)26-27-85-25-18-80-67(100)55-41-50(4)88(71(104)63(55)96)46-59(92)76-14-21-84(29-32-109-37-38-110-34-33-106-6)22-15-77-60(93)47-89-51(5)42-56(64(97)72(89)105)68(101)81-52(43-85)10-8-9-11-73/h39-42,52,94-97H,7-38,43-47,73H2,1-6H3,(H,74,90)(H,75,91)(H,76,92)(H,77,93)(H,78,98)(H,79,99)(H,80,100)(H,81,101). The minimum Gasteiger partial charge on any atom is -0.502 e. The Balaban J connectivity index is 1.29. The van der Waals surface area contributed by atoms with Gasteiger partial charge >= 0.3 is 0 Å². The lowest BCUT2D eigenvalue weighted by molar-refractivity contribution is -0.122. The normalized spacial score (nSPS) is 17.4. The van der Waals surface area contributed by atoms with Gasteiger partial charge in [0.25, 0.3) is 45.9 Å². The summed E-state index contributed by atoms with van der Waals surface area (Å²) in [4.78, 5) is 173. The van der Waals surface area contributed by atoms with Crippen molar-refractivity contribution in [3.05, 3.63) is 111 Å². The van der Waals surface area contributed by atoms with E-state index in [0.29, 0.717) is 65.6 Å². The van der Waals surface area contributed by atoms with Gasteiger partial charge in [0.15, 0.2) is 23.0 Å². The van der Waals surface area contributed by atoms with Gasteiger partial charge in [0.05, 0.1) is 75.1 Å². The summed E-state index contributed by atoms with van der Waals surface area (Å²) in [5.41, 5.74) is 0.988. The molecule has 0 saturated heterocycles. The number of nitrogens with zero attached hydrogens (tertiary/aromatic N) is 8. The van der Waals surface area contributed by atoms with Crippen molar-refractivity contribution in [1.29, 1.82) is 0 Å². The summed E-state index contributed by atoms with van der Waals surface area (Å²) < 4.78 is 31.5. The van der Waals surface area contributed by atoms with E-state index in [1.807, 2.05) is 21.6 Å². The highest BCUT2D eigenvalue weighted by molar-refractivity contribution is 5.99. The second-order valence-electron chi connectivity index (χ2n) is 26.6. The average molecular weight is 1550 g/mol. The van der Waals surface area contributed by atoms with Crippen LogP contribution in [0, 0.1) is 27.7 Å². The number of nitrogens with one attached hydrogen (secondary N) is 8. The average Bonchev–Trinajstić information content (AvgIpc) is 0.818. The van der Waals surface area contributed by atoms with Gasteiger partial charge < -0.3 is 111 Å². The molecule has 8 bridgehead atoms. The van der Waals surface area contributed by atoms with Gasteiger partial charge in [-0.1, -0.05) is 13.3 Å². The number of carbonyl (C=O) groups excluding carboxylic acids is 8. The molecule has 12 rings (SSSR count). The van der Waals surface area contributed by atoms with Crippen LogP contribution in [0.15, 0.2) is 43.4 Å². The highest BCUT2D eigenvalue weighted by Crippen LogP contribution is 2.19. The van der Waals surface area contributed by atoms with Crippen LogP contribution >= 0.6 is 0 Å². The maximum Gasteiger partial charge on any atom is 0.294 e. The molecule has 0 saturated carbocycles. The first-order valence-corrected chi connectivity index (χ1v) is 37.1. The first kappa shape index (κ1) is 89.3. The summed E-state index contributed by atoms with van der Waals surface area (Å²) in [7, 11) is 1.56. The van der Waals surface area contributed by atoms with Crippen LogP contribution in [0.4, 0.5) is 0 Å². The second kappa shape index (κ2) is 46.8. The molecule has 0 radical (unpaired) electrons.